The Morgan fingerprint density at radius 3 is 2.73 bits per heavy atom. The summed E-state index contributed by atoms with van der Waals surface area (Å²) in [5.41, 5.74) is 1.75. The van der Waals surface area contributed by atoms with Crippen molar-refractivity contribution >= 4 is 11.9 Å². The van der Waals surface area contributed by atoms with E-state index in [-0.39, 0.29) is 11.7 Å². The number of benzene rings is 1. The monoisotopic (exact) mass is 301 g/mol. The molecule has 4 rings (SSSR count). The maximum Gasteiger partial charge on any atom is 0.182 e. The summed E-state index contributed by atoms with van der Waals surface area (Å²) in [6, 6.07) is 5.81. The lowest BCUT2D eigenvalue weighted by Crippen LogP contribution is -2.45. The molecule has 0 radical (unpaired) electrons. The van der Waals surface area contributed by atoms with Gasteiger partial charge < -0.3 is 14.4 Å². The number of piperidine rings is 3. The molecule has 0 saturated carbocycles. The van der Waals surface area contributed by atoms with Crippen molar-refractivity contribution in [3.05, 3.63) is 29.5 Å². The Morgan fingerprint density at radius 1 is 1.32 bits per heavy atom. The fourth-order valence-electron chi connectivity index (χ4n) is 3.22. The van der Waals surface area contributed by atoms with Crippen LogP contribution >= 0.6 is 0 Å². The van der Waals surface area contributed by atoms with E-state index in [1.807, 2.05) is 24.3 Å². The molecule has 0 N–H and O–H groups in total. The number of methoxy groups -OCH3 is 1. The van der Waals surface area contributed by atoms with E-state index in [4.69, 9.17) is 9.47 Å². The van der Waals surface area contributed by atoms with Crippen molar-refractivity contribution in [3.8, 4) is 11.5 Å². The van der Waals surface area contributed by atoms with Gasteiger partial charge in [0.2, 0.25) is 0 Å². The molecule has 4 nitrogen and oxygen atoms in total. The van der Waals surface area contributed by atoms with Crippen LogP contribution in [-0.2, 0) is 4.79 Å². The summed E-state index contributed by atoms with van der Waals surface area (Å²) in [4.78, 5) is 14.7. The first-order valence-corrected chi connectivity index (χ1v) is 8.05. The second-order valence-electron chi connectivity index (χ2n) is 5.88. The average Bonchev–Trinajstić information content (AvgIpc) is 2.57. The zero-order chi connectivity index (χ0) is 15.5. The quantitative estimate of drug-likeness (QED) is 0.783. The van der Waals surface area contributed by atoms with Crippen LogP contribution in [0.25, 0.3) is 6.08 Å². The smallest absolute Gasteiger partial charge is 0.182 e. The fourth-order valence-corrected chi connectivity index (χ4v) is 3.22. The molecular weight excluding hydrogens is 278 g/mol. The number of fused-ring (bicyclic) bond motifs is 3. The lowest BCUT2D eigenvalue weighted by Gasteiger charge is -2.41. The number of Topliss-reactive ketones (excluding diaryl/α,β-unsaturated/α-hetero) is 1. The minimum absolute atomic E-state index is 0.210. The summed E-state index contributed by atoms with van der Waals surface area (Å²) in [6.07, 6.45) is 4.89. The summed E-state index contributed by atoms with van der Waals surface area (Å²) >= 11 is 0. The molecule has 0 unspecified atom stereocenters. The van der Waals surface area contributed by atoms with E-state index < -0.39 is 0 Å². The molecule has 0 aliphatic carbocycles. The van der Waals surface area contributed by atoms with E-state index >= 15 is 0 Å². The average molecular weight is 301 g/mol. The third kappa shape index (κ3) is 2.70. The number of rotatable bonds is 5. The highest BCUT2D eigenvalue weighted by Gasteiger charge is 2.36. The predicted octanol–water partition coefficient (Wildman–Crippen LogP) is 3.12. The molecule has 3 heterocycles. The number of carbonyl (C=O) groups excluding carboxylic acids is 1. The van der Waals surface area contributed by atoms with Gasteiger partial charge in [-0.25, -0.2) is 0 Å². The third-order valence-electron chi connectivity index (χ3n) is 4.43. The van der Waals surface area contributed by atoms with Crippen molar-refractivity contribution in [2.45, 2.75) is 26.2 Å². The highest BCUT2D eigenvalue weighted by atomic mass is 16.5. The van der Waals surface area contributed by atoms with E-state index in [0.29, 0.717) is 12.4 Å². The first kappa shape index (κ1) is 14.9. The van der Waals surface area contributed by atoms with Gasteiger partial charge in [-0.1, -0.05) is 19.1 Å². The molecule has 3 aliphatic rings. The minimum atomic E-state index is 0.210. The van der Waals surface area contributed by atoms with Gasteiger partial charge in [0.25, 0.3) is 0 Å². The molecule has 0 amide bonds. The number of hydrogen-bond acceptors (Lipinski definition) is 4. The molecule has 0 atom stereocenters. The van der Waals surface area contributed by atoms with Crippen molar-refractivity contribution in [2.75, 3.05) is 26.8 Å². The van der Waals surface area contributed by atoms with E-state index in [2.05, 4.69) is 11.8 Å². The summed E-state index contributed by atoms with van der Waals surface area (Å²) in [5.74, 6) is 1.93. The van der Waals surface area contributed by atoms with Gasteiger partial charge in [-0.05, 0) is 31.4 Å². The first-order chi connectivity index (χ1) is 10.7. The van der Waals surface area contributed by atoms with E-state index in [1.165, 1.54) is 0 Å². The number of allylic oxidation sites excluding steroid dienone is 1. The normalized spacial score (nSPS) is 19.8. The fraction of sp³-hybridized carbons (Fsp3) is 0.500. The molecular formula is C18H23NO3. The molecule has 3 aliphatic heterocycles. The Morgan fingerprint density at radius 2 is 2.09 bits per heavy atom. The highest BCUT2D eigenvalue weighted by molar-refractivity contribution is 6.02. The van der Waals surface area contributed by atoms with Gasteiger partial charge in [-0.15, -0.1) is 0 Å². The van der Waals surface area contributed by atoms with E-state index in [9.17, 15) is 4.79 Å². The SMILES string of the molecule is CCCOc1c(/C=C2/C(=O)C3CCN2CC3)cccc1OC. The van der Waals surface area contributed by atoms with E-state index in [0.717, 1.165) is 49.4 Å². The largest absolute Gasteiger partial charge is 0.493 e. The Hall–Kier alpha value is -1.97. The maximum absolute atomic E-state index is 12.5. The van der Waals surface area contributed by atoms with E-state index in [1.54, 1.807) is 7.11 Å². The predicted molar refractivity (Wildman–Crippen MR) is 86.1 cm³/mol. The summed E-state index contributed by atoms with van der Waals surface area (Å²) in [7, 11) is 1.64. The van der Waals surface area contributed by atoms with Crippen LogP contribution in [0.1, 0.15) is 31.7 Å². The molecule has 1 aromatic carbocycles. The van der Waals surface area contributed by atoms with Crippen LogP contribution in [0.15, 0.2) is 23.9 Å². The number of para-hydroxylation sites is 1. The van der Waals surface area contributed by atoms with Crippen LogP contribution in [-0.4, -0.2) is 37.5 Å². The van der Waals surface area contributed by atoms with Gasteiger partial charge in [-0.2, -0.15) is 0 Å². The van der Waals surface area contributed by atoms with Crippen LogP contribution in [0, 0.1) is 5.92 Å². The second-order valence-corrected chi connectivity index (χ2v) is 5.88. The molecule has 3 fully saturated rings. The topological polar surface area (TPSA) is 38.8 Å². The third-order valence-corrected chi connectivity index (χ3v) is 4.43. The minimum Gasteiger partial charge on any atom is -0.493 e. The lowest BCUT2D eigenvalue weighted by atomic mass is 9.84. The lowest BCUT2D eigenvalue weighted by molar-refractivity contribution is -0.125. The van der Waals surface area contributed by atoms with Crippen LogP contribution < -0.4 is 9.47 Å². The van der Waals surface area contributed by atoms with Crippen molar-refractivity contribution in [2.24, 2.45) is 5.92 Å². The highest BCUT2D eigenvalue weighted by Crippen LogP contribution is 2.36. The van der Waals surface area contributed by atoms with Gasteiger partial charge >= 0.3 is 0 Å². The van der Waals surface area contributed by atoms with Crippen molar-refractivity contribution < 1.29 is 14.3 Å². The summed E-state index contributed by atoms with van der Waals surface area (Å²) < 4.78 is 11.3. The van der Waals surface area contributed by atoms with Crippen LogP contribution in [0.5, 0.6) is 11.5 Å². The van der Waals surface area contributed by atoms with Crippen molar-refractivity contribution in [3.63, 3.8) is 0 Å². The Kier molecular flexibility index (Phi) is 4.36. The van der Waals surface area contributed by atoms with Gasteiger partial charge in [0.1, 0.15) is 0 Å². The molecule has 0 aromatic heterocycles. The van der Waals surface area contributed by atoms with Gasteiger partial charge in [-0.3, -0.25) is 4.79 Å². The number of ether oxygens (including phenoxy) is 2. The number of carbonyl (C=O) groups is 1. The van der Waals surface area contributed by atoms with Crippen molar-refractivity contribution in [1.29, 1.82) is 0 Å². The molecule has 0 spiro atoms. The Bertz CT molecular complexity index is 586. The van der Waals surface area contributed by atoms with Crippen LogP contribution in [0.4, 0.5) is 0 Å². The van der Waals surface area contributed by atoms with Crippen LogP contribution in [0.3, 0.4) is 0 Å². The number of nitrogens with zero attached hydrogens (tertiary/aromatic N) is 1. The molecule has 2 bridgehead atoms. The number of ketones is 1. The van der Waals surface area contributed by atoms with Gasteiger partial charge in [0.05, 0.1) is 19.4 Å². The zero-order valence-electron chi connectivity index (χ0n) is 13.3. The van der Waals surface area contributed by atoms with Crippen LogP contribution in [0.2, 0.25) is 0 Å². The van der Waals surface area contributed by atoms with Gasteiger partial charge in [0.15, 0.2) is 17.3 Å². The molecule has 4 heteroatoms. The Labute approximate surface area is 131 Å². The summed E-state index contributed by atoms with van der Waals surface area (Å²) in [5, 5.41) is 0. The van der Waals surface area contributed by atoms with Gasteiger partial charge in [0, 0.05) is 24.6 Å². The van der Waals surface area contributed by atoms with Crippen molar-refractivity contribution in [1.82, 2.24) is 4.90 Å². The molecule has 1 aromatic rings. The molecule has 22 heavy (non-hydrogen) atoms. The zero-order valence-corrected chi connectivity index (χ0v) is 13.3. The second kappa shape index (κ2) is 6.42. The summed E-state index contributed by atoms with van der Waals surface area (Å²) in [6.45, 7) is 4.68. The maximum atomic E-state index is 12.5. The number of hydrogen-bond donors (Lipinski definition) is 0. The standard InChI is InChI=1S/C18H23NO3/c1-3-11-22-18-14(5-4-6-16(18)21-2)12-15-17(20)13-7-9-19(15)10-8-13/h4-6,12-13H,3,7-11H2,1-2H3/b15-12-. The molecule has 3 saturated heterocycles. The first-order valence-electron chi connectivity index (χ1n) is 8.05. The molecule has 118 valence electrons. The Balaban J connectivity index is 1.97.